The van der Waals surface area contributed by atoms with Gasteiger partial charge in [0, 0.05) is 17.1 Å². The smallest absolute Gasteiger partial charge is 0.347 e. The maximum atomic E-state index is 13.2. The van der Waals surface area contributed by atoms with Crippen molar-refractivity contribution >= 4 is 33.5 Å². The maximum absolute atomic E-state index is 13.2. The maximum Gasteiger partial charge on any atom is 0.347 e. The van der Waals surface area contributed by atoms with E-state index in [4.69, 9.17) is 9.47 Å². The number of anilines is 1. The van der Waals surface area contributed by atoms with Crippen molar-refractivity contribution in [2.24, 2.45) is 0 Å². The predicted octanol–water partition coefficient (Wildman–Crippen LogP) is 2.08. The zero-order valence-electron chi connectivity index (χ0n) is 13.9. The Morgan fingerprint density at radius 3 is 2.54 bits per heavy atom. The number of hydrogen-bond donors (Lipinski definition) is 1. The normalized spacial score (nSPS) is 28.0. The van der Waals surface area contributed by atoms with Crippen LogP contribution < -0.4 is 4.90 Å². The van der Waals surface area contributed by atoms with Crippen molar-refractivity contribution in [2.75, 3.05) is 25.2 Å². The highest BCUT2D eigenvalue weighted by atomic mass is 79.9. The second-order valence-electron chi connectivity index (χ2n) is 6.27. The summed E-state index contributed by atoms with van der Waals surface area (Å²) in [4.78, 5) is 27.5. The fourth-order valence-electron chi connectivity index (χ4n) is 3.72. The molecule has 2 heterocycles. The third-order valence-corrected chi connectivity index (χ3v) is 5.43. The highest BCUT2D eigenvalue weighted by molar-refractivity contribution is 9.10. The lowest BCUT2D eigenvalue weighted by molar-refractivity contribution is -0.238. The van der Waals surface area contributed by atoms with E-state index in [9.17, 15) is 14.7 Å². The van der Waals surface area contributed by atoms with Gasteiger partial charge in [0.2, 0.25) is 11.2 Å². The summed E-state index contributed by atoms with van der Waals surface area (Å²) in [5, 5.41) is 11.8. The van der Waals surface area contributed by atoms with Crippen LogP contribution in [0.25, 0.3) is 0 Å². The molecular formula is C19H16BrNO5. The van der Waals surface area contributed by atoms with Crippen molar-refractivity contribution in [1.29, 1.82) is 0 Å². The molecule has 0 saturated carbocycles. The van der Waals surface area contributed by atoms with E-state index in [2.05, 4.69) is 15.9 Å². The Hall–Kier alpha value is -2.22. The molecule has 2 aromatic carbocycles. The van der Waals surface area contributed by atoms with Gasteiger partial charge in [-0.05, 0) is 23.8 Å². The number of hydrogen-bond acceptors (Lipinski definition) is 5. The number of nitrogens with zero attached hydrogens (tertiary/aromatic N) is 1. The van der Waals surface area contributed by atoms with Crippen LogP contribution in [0.1, 0.15) is 11.1 Å². The van der Waals surface area contributed by atoms with Crippen LogP contribution in [-0.4, -0.2) is 37.2 Å². The van der Waals surface area contributed by atoms with E-state index in [1.807, 2.05) is 0 Å². The van der Waals surface area contributed by atoms with Crippen LogP contribution in [0.2, 0.25) is 0 Å². The zero-order valence-corrected chi connectivity index (χ0v) is 15.5. The number of benzene rings is 2. The van der Waals surface area contributed by atoms with Gasteiger partial charge in [-0.25, -0.2) is 4.79 Å². The fraction of sp³-hybridized carbons (Fsp3) is 0.263. The average Bonchev–Trinajstić information content (AvgIpc) is 2.85. The van der Waals surface area contributed by atoms with Crippen molar-refractivity contribution in [3.63, 3.8) is 0 Å². The van der Waals surface area contributed by atoms with Crippen LogP contribution in [0.4, 0.5) is 5.69 Å². The van der Waals surface area contributed by atoms with E-state index >= 15 is 0 Å². The molecule has 0 spiro atoms. The molecule has 2 aromatic rings. The number of amides is 1. The van der Waals surface area contributed by atoms with Crippen molar-refractivity contribution in [3.8, 4) is 0 Å². The van der Waals surface area contributed by atoms with Gasteiger partial charge in [-0.3, -0.25) is 4.79 Å². The second-order valence-corrected chi connectivity index (χ2v) is 7.18. The van der Waals surface area contributed by atoms with Crippen LogP contribution in [-0.2, 0) is 30.3 Å². The van der Waals surface area contributed by atoms with E-state index < -0.39 is 23.1 Å². The van der Waals surface area contributed by atoms with Gasteiger partial charge in [0.05, 0.1) is 12.3 Å². The summed E-state index contributed by atoms with van der Waals surface area (Å²) in [7, 11) is 1.56. The molecular weight excluding hydrogens is 402 g/mol. The summed E-state index contributed by atoms with van der Waals surface area (Å²) >= 11 is 3.37. The molecule has 0 bridgehead atoms. The molecule has 0 aromatic heterocycles. The van der Waals surface area contributed by atoms with Crippen molar-refractivity contribution in [3.05, 3.63) is 64.1 Å². The minimum atomic E-state index is -2.25. The van der Waals surface area contributed by atoms with Crippen LogP contribution >= 0.6 is 15.9 Å². The molecule has 4 rings (SSSR count). The monoisotopic (exact) mass is 417 g/mol. The fourth-order valence-corrected chi connectivity index (χ4v) is 4.08. The number of carbonyl (C=O) groups excluding carboxylic acids is 2. The van der Waals surface area contributed by atoms with E-state index in [0.717, 1.165) is 0 Å². The Bertz CT molecular complexity index is 902. The Morgan fingerprint density at radius 1 is 1.12 bits per heavy atom. The lowest BCUT2D eigenvalue weighted by Gasteiger charge is -2.43. The van der Waals surface area contributed by atoms with Crippen LogP contribution in [0, 0.1) is 0 Å². The molecule has 1 fully saturated rings. The Balaban J connectivity index is 2.05. The molecule has 2 aliphatic heterocycles. The topological polar surface area (TPSA) is 76.1 Å². The number of cyclic esters (lactones) is 1. The van der Waals surface area contributed by atoms with E-state index in [1.54, 1.807) is 55.6 Å². The first-order valence-corrected chi connectivity index (χ1v) is 8.89. The molecule has 1 N–H and O–H groups in total. The number of rotatable bonds is 2. The summed E-state index contributed by atoms with van der Waals surface area (Å²) in [6, 6.07) is 13.6. The summed E-state index contributed by atoms with van der Waals surface area (Å²) in [5.74, 6) is -1.43. The lowest BCUT2D eigenvalue weighted by Crippen LogP contribution is -2.63. The first-order chi connectivity index (χ1) is 12.4. The molecule has 0 radical (unpaired) electrons. The molecule has 134 valence electrons. The van der Waals surface area contributed by atoms with E-state index in [1.165, 1.54) is 4.90 Å². The third kappa shape index (κ3) is 2.05. The number of likely N-dealkylation sites (N-methyl/N-ethyl adjacent to an activating group) is 1. The molecule has 1 amide bonds. The van der Waals surface area contributed by atoms with Gasteiger partial charge in [0.25, 0.3) is 5.91 Å². The number of fused-ring (bicyclic) bond motifs is 1. The number of ether oxygens (including phenoxy) is 2. The Labute approximate surface area is 158 Å². The summed E-state index contributed by atoms with van der Waals surface area (Å²) in [6.07, 6.45) is 0. The third-order valence-electron chi connectivity index (χ3n) is 4.94. The van der Waals surface area contributed by atoms with Crippen molar-refractivity contribution in [1.82, 2.24) is 0 Å². The molecule has 26 heavy (non-hydrogen) atoms. The highest BCUT2D eigenvalue weighted by Gasteiger charge is 2.69. The molecule has 1 saturated heterocycles. The molecule has 2 atom stereocenters. The zero-order chi connectivity index (χ0) is 18.5. The quantitative estimate of drug-likeness (QED) is 0.757. The average molecular weight is 418 g/mol. The van der Waals surface area contributed by atoms with Crippen LogP contribution in [0.15, 0.2) is 53.0 Å². The summed E-state index contributed by atoms with van der Waals surface area (Å²) < 4.78 is 11.8. The lowest BCUT2D eigenvalue weighted by atomic mass is 9.73. The van der Waals surface area contributed by atoms with Crippen molar-refractivity contribution < 1.29 is 24.2 Å². The minimum absolute atomic E-state index is 0.0683. The SMILES string of the molecule is CN1C(=O)[C@@](O)([C@@]2(c3ccccc3)OCCOC2=O)c2cc(Br)ccc21. The largest absolute Gasteiger partial charge is 0.461 e. The molecule has 0 unspecified atom stereocenters. The Morgan fingerprint density at radius 2 is 1.85 bits per heavy atom. The summed E-state index contributed by atoms with van der Waals surface area (Å²) in [5.41, 5.74) is -3.06. The molecule has 0 aliphatic carbocycles. The Kier molecular flexibility index (Phi) is 3.91. The first kappa shape index (κ1) is 17.2. The van der Waals surface area contributed by atoms with Gasteiger partial charge in [-0.15, -0.1) is 0 Å². The van der Waals surface area contributed by atoms with Gasteiger partial charge in [-0.1, -0.05) is 46.3 Å². The number of aliphatic hydroxyl groups is 1. The van der Waals surface area contributed by atoms with Gasteiger partial charge >= 0.3 is 5.97 Å². The first-order valence-electron chi connectivity index (χ1n) is 8.10. The van der Waals surface area contributed by atoms with Gasteiger partial charge in [-0.2, -0.15) is 0 Å². The van der Waals surface area contributed by atoms with Crippen molar-refractivity contribution in [2.45, 2.75) is 11.2 Å². The highest BCUT2D eigenvalue weighted by Crippen LogP contribution is 2.53. The van der Waals surface area contributed by atoms with Crippen LogP contribution in [0.5, 0.6) is 0 Å². The molecule has 7 heteroatoms. The van der Waals surface area contributed by atoms with Crippen LogP contribution in [0.3, 0.4) is 0 Å². The van der Waals surface area contributed by atoms with Gasteiger partial charge < -0.3 is 19.5 Å². The number of carbonyl (C=O) groups is 2. The standard InChI is InChI=1S/C19H16BrNO5/c1-21-15-8-7-13(20)11-14(15)18(24,16(21)22)19(12-5-3-2-4-6-12)17(23)25-9-10-26-19/h2-8,11,24H,9-10H2,1H3/t18-,19+/m1/s1. The van der Waals surface area contributed by atoms with E-state index in [-0.39, 0.29) is 13.2 Å². The molecule has 2 aliphatic rings. The number of halogens is 1. The molecule has 6 nitrogen and oxygen atoms in total. The van der Waals surface area contributed by atoms with E-state index in [0.29, 0.717) is 21.3 Å². The predicted molar refractivity (Wildman–Crippen MR) is 96.5 cm³/mol. The number of esters is 1. The van der Waals surface area contributed by atoms with Gasteiger partial charge in [0.15, 0.2) is 0 Å². The summed E-state index contributed by atoms with van der Waals surface area (Å²) in [6.45, 7) is 0.141. The minimum Gasteiger partial charge on any atom is -0.461 e. The second kappa shape index (κ2) is 5.90. The van der Waals surface area contributed by atoms with Gasteiger partial charge in [0.1, 0.15) is 6.61 Å².